The Morgan fingerprint density at radius 3 is 2.41 bits per heavy atom. The Morgan fingerprint density at radius 2 is 1.74 bits per heavy atom. The Labute approximate surface area is 173 Å². The number of benzene rings is 2. The predicted octanol–water partition coefficient (Wildman–Crippen LogP) is 3.43. The SMILES string of the molecule is Cc1ccccc1C(=O)NC1CCN(CC(=O)Nc2ccc(I)cc2)CC1. The number of hydrogen-bond donors (Lipinski definition) is 2. The van der Waals surface area contributed by atoms with Crippen molar-refractivity contribution in [1.82, 2.24) is 10.2 Å². The van der Waals surface area contributed by atoms with Gasteiger partial charge in [0.2, 0.25) is 5.91 Å². The number of halogens is 1. The summed E-state index contributed by atoms with van der Waals surface area (Å²) in [5, 5.41) is 6.06. The summed E-state index contributed by atoms with van der Waals surface area (Å²) in [6, 6.07) is 15.5. The molecule has 2 N–H and O–H groups in total. The third kappa shape index (κ3) is 5.77. The first kappa shape index (κ1) is 19.8. The maximum Gasteiger partial charge on any atom is 0.251 e. The quantitative estimate of drug-likeness (QED) is 0.649. The number of carbonyl (C=O) groups is 2. The van der Waals surface area contributed by atoms with Gasteiger partial charge in [-0.1, -0.05) is 18.2 Å². The molecular formula is C21H24IN3O2. The van der Waals surface area contributed by atoms with Crippen LogP contribution in [0.5, 0.6) is 0 Å². The molecule has 0 saturated carbocycles. The third-order valence-corrected chi connectivity index (χ3v) is 5.53. The van der Waals surface area contributed by atoms with E-state index in [-0.39, 0.29) is 17.9 Å². The first-order valence-corrected chi connectivity index (χ1v) is 10.2. The molecule has 3 rings (SSSR count). The molecule has 0 aromatic heterocycles. The molecule has 1 aliphatic rings. The van der Waals surface area contributed by atoms with Crippen LogP contribution in [0.2, 0.25) is 0 Å². The van der Waals surface area contributed by atoms with E-state index in [1.54, 1.807) is 0 Å². The van der Waals surface area contributed by atoms with Crippen molar-refractivity contribution >= 4 is 40.1 Å². The van der Waals surface area contributed by atoms with Crippen LogP contribution in [-0.4, -0.2) is 42.4 Å². The molecular weight excluding hydrogens is 453 g/mol. The van der Waals surface area contributed by atoms with Crippen LogP contribution < -0.4 is 10.6 Å². The van der Waals surface area contributed by atoms with Crippen LogP contribution in [0.4, 0.5) is 5.69 Å². The van der Waals surface area contributed by atoms with Gasteiger partial charge in [0, 0.05) is 34.0 Å². The van der Waals surface area contributed by atoms with E-state index in [0.717, 1.165) is 46.3 Å². The first-order chi connectivity index (χ1) is 13.0. The second-order valence-corrected chi connectivity index (χ2v) is 8.14. The molecule has 0 aliphatic carbocycles. The Bertz CT molecular complexity index is 799. The summed E-state index contributed by atoms with van der Waals surface area (Å²) in [5.74, 6) is -0.0124. The molecule has 0 atom stereocenters. The highest BCUT2D eigenvalue weighted by atomic mass is 127. The minimum atomic E-state index is -0.0111. The second-order valence-electron chi connectivity index (χ2n) is 6.89. The van der Waals surface area contributed by atoms with Crippen LogP contribution in [0.15, 0.2) is 48.5 Å². The number of carbonyl (C=O) groups excluding carboxylic acids is 2. The molecule has 142 valence electrons. The fourth-order valence-electron chi connectivity index (χ4n) is 3.26. The number of aryl methyl sites for hydroxylation is 1. The lowest BCUT2D eigenvalue weighted by Crippen LogP contribution is -2.46. The normalized spacial score (nSPS) is 15.3. The van der Waals surface area contributed by atoms with E-state index in [1.165, 1.54) is 0 Å². The first-order valence-electron chi connectivity index (χ1n) is 9.15. The van der Waals surface area contributed by atoms with Crippen LogP contribution in [0.1, 0.15) is 28.8 Å². The minimum absolute atomic E-state index is 0.00129. The van der Waals surface area contributed by atoms with Gasteiger partial charge in [-0.25, -0.2) is 0 Å². The summed E-state index contributed by atoms with van der Waals surface area (Å²) >= 11 is 2.24. The molecule has 0 radical (unpaired) electrons. The van der Waals surface area contributed by atoms with Crippen LogP contribution in [0.3, 0.4) is 0 Å². The van der Waals surface area contributed by atoms with E-state index in [0.29, 0.717) is 6.54 Å². The Balaban J connectivity index is 1.43. The molecule has 0 bridgehead atoms. The Morgan fingerprint density at radius 1 is 1.07 bits per heavy atom. The van der Waals surface area contributed by atoms with Gasteiger partial charge >= 0.3 is 0 Å². The lowest BCUT2D eigenvalue weighted by molar-refractivity contribution is -0.117. The van der Waals surface area contributed by atoms with E-state index in [2.05, 4.69) is 38.1 Å². The number of likely N-dealkylation sites (tertiary alicyclic amines) is 1. The van der Waals surface area contributed by atoms with Crippen molar-refractivity contribution in [3.05, 3.63) is 63.2 Å². The van der Waals surface area contributed by atoms with E-state index in [9.17, 15) is 9.59 Å². The molecule has 27 heavy (non-hydrogen) atoms. The topological polar surface area (TPSA) is 61.4 Å². The summed E-state index contributed by atoms with van der Waals surface area (Å²) < 4.78 is 1.14. The number of nitrogens with one attached hydrogen (secondary N) is 2. The van der Waals surface area contributed by atoms with Crippen LogP contribution in [0.25, 0.3) is 0 Å². The van der Waals surface area contributed by atoms with Crippen LogP contribution >= 0.6 is 22.6 Å². The van der Waals surface area contributed by atoms with E-state index in [4.69, 9.17) is 0 Å². The highest BCUT2D eigenvalue weighted by Crippen LogP contribution is 2.14. The highest BCUT2D eigenvalue weighted by Gasteiger charge is 2.22. The highest BCUT2D eigenvalue weighted by molar-refractivity contribution is 14.1. The molecule has 2 aromatic carbocycles. The molecule has 2 aromatic rings. The van der Waals surface area contributed by atoms with Crippen molar-refractivity contribution < 1.29 is 9.59 Å². The summed E-state index contributed by atoms with van der Waals surface area (Å²) in [6.07, 6.45) is 1.71. The summed E-state index contributed by atoms with van der Waals surface area (Å²) in [4.78, 5) is 26.8. The van der Waals surface area contributed by atoms with Crippen molar-refractivity contribution in [2.45, 2.75) is 25.8 Å². The Hall–Kier alpha value is -1.93. The smallest absolute Gasteiger partial charge is 0.251 e. The number of piperidine rings is 1. The van der Waals surface area contributed by atoms with Crippen molar-refractivity contribution in [3.63, 3.8) is 0 Å². The van der Waals surface area contributed by atoms with Gasteiger partial charge in [-0.05, 0) is 78.3 Å². The zero-order valence-corrected chi connectivity index (χ0v) is 17.5. The second kappa shape index (κ2) is 9.32. The van der Waals surface area contributed by atoms with E-state index >= 15 is 0 Å². The monoisotopic (exact) mass is 477 g/mol. The molecule has 0 spiro atoms. The number of hydrogen-bond acceptors (Lipinski definition) is 3. The van der Waals surface area contributed by atoms with Crippen molar-refractivity contribution in [2.24, 2.45) is 0 Å². The van der Waals surface area contributed by atoms with E-state index in [1.807, 2.05) is 55.5 Å². The van der Waals surface area contributed by atoms with Gasteiger partial charge < -0.3 is 10.6 Å². The summed E-state index contributed by atoms with van der Waals surface area (Å²) in [7, 11) is 0. The zero-order chi connectivity index (χ0) is 19.2. The third-order valence-electron chi connectivity index (χ3n) is 4.81. The van der Waals surface area contributed by atoms with Crippen molar-refractivity contribution in [2.75, 3.05) is 25.0 Å². The van der Waals surface area contributed by atoms with E-state index < -0.39 is 0 Å². The molecule has 1 fully saturated rings. The standard InChI is InChI=1S/C21H24IN3O2/c1-15-4-2-3-5-19(15)21(27)24-18-10-12-25(13-11-18)14-20(26)23-17-8-6-16(22)7-9-17/h2-9,18H,10-14H2,1H3,(H,23,26)(H,24,27). The Kier molecular flexibility index (Phi) is 6.84. The van der Waals surface area contributed by atoms with Gasteiger partial charge in [0.05, 0.1) is 6.54 Å². The lowest BCUT2D eigenvalue weighted by Gasteiger charge is -2.32. The molecule has 6 heteroatoms. The lowest BCUT2D eigenvalue weighted by atomic mass is 10.0. The van der Waals surface area contributed by atoms with Crippen molar-refractivity contribution in [1.29, 1.82) is 0 Å². The molecule has 2 amide bonds. The van der Waals surface area contributed by atoms with Gasteiger partial charge in [-0.3, -0.25) is 14.5 Å². The summed E-state index contributed by atoms with van der Waals surface area (Å²) in [6.45, 7) is 3.94. The number of amides is 2. The van der Waals surface area contributed by atoms with Gasteiger partial charge in [0.15, 0.2) is 0 Å². The summed E-state index contributed by atoms with van der Waals surface area (Å²) in [5.41, 5.74) is 2.54. The molecule has 1 saturated heterocycles. The fourth-order valence-corrected chi connectivity index (χ4v) is 3.62. The maximum absolute atomic E-state index is 12.4. The van der Waals surface area contributed by atoms with Crippen molar-refractivity contribution in [3.8, 4) is 0 Å². The number of anilines is 1. The predicted molar refractivity (Wildman–Crippen MR) is 116 cm³/mol. The van der Waals surface area contributed by atoms with Gasteiger partial charge in [-0.15, -0.1) is 0 Å². The molecule has 1 aliphatic heterocycles. The van der Waals surface area contributed by atoms with Gasteiger partial charge in [0.25, 0.3) is 5.91 Å². The average molecular weight is 477 g/mol. The molecule has 5 nitrogen and oxygen atoms in total. The minimum Gasteiger partial charge on any atom is -0.349 e. The fraction of sp³-hybridized carbons (Fsp3) is 0.333. The zero-order valence-electron chi connectivity index (χ0n) is 15.4. The largest absolute Gasteiger partial charge is 0.349 e. The molecule has 0 unspecified atom stereocenters. The maximum atomic E-state index is 12.4. The number of nitrogens with zero attached hydrogens (tertiary/aromatic N) is 1. The van der Waals surface area contributed by atoms with Gasteiger partial charge in [-0.2, -0.15) is 0 Å². The van der Waals surface area contributed by atoms with Crippen LogP contribution in [-0.2, 0) is 4.79 Å². The average Bonchev–Trinajstić information content (AvgIpc) is 2.65. The van der Waals surface area contributed by atoms with Gasteiger partial charge in [0.1, 0.15) is 0 Å². The van der Waals surface area contributed by atoms with Crippen LogP contribution in [0, 0.1) is 10.5 Å². The molecule has 1 heterocycles. The number of rotatable bonds is 5.